The van der Waals surface area contributed by atoms with Crippen LogP contribution < -0.4 is 5.32 Å². The van der Waals surface area contributed by atoms with Crippen molar-refractivity contribution in [1.82, 2.24) is 10.2 Å². The van der Waals surface area contributed by atoms with Crippen LogP contribution in [0.2, 0.25) is 5.02 Å². The largest absolute Gasteiger partial charge is 0.465 e. The van der Waals surface area contributed by atoms with Gasteiger partial charge in [-0.25, -0.2) is 4.79 Å². The topological polar surface area (TPSA) is 95.9 Å². The van der Waals surface area contributed by atoms with Gasteiger partial charge < -0.3 is 20.1 Å². The number of benzene rings is 2. The number of hydrogen-bond acceptors (Lipinski definition) is 5. The van der Waals surface area contributed by atoms with Gasteiger partial charge in [0.2, 0.25) is 5.91 Å². The molecule has 3 rings (SSSR count). The SMILES string of the molecule is COC(=O)c1cccc(C(=O)N[C@@H](C(=O)N2CC[C@@](O)(c3ccc(Cl)cc3)C(C)(C)C2)C(C)C)c1. The Morgan fingerprint density at radius 1 is 1.09 bits per heavy atom. The van der Waals surface area contributed by atoms with Gasteiger partial charge in [0.1, 0.15) is 6.04 Å². The van der Waals surface area contributed by atoms with Gasteiger partial charge in [-0.15, -0.1) is 0 Å². The van der Waals surface area contributed by atoms with Gasteiger partial charge in [0.05, 0.1) is 18.3 Å². The summed E-state index contributed by atoms with van der Waals surface area (Å²) in [6.45, 7) is 8.27. The third-order valence-electron chi connectivity index (χ3n) is 6.85. The van der Waals surface area contributed by atoms with E-state index in [1.165, 1.54) is 13.2 Å². The first kappa shape index (κ1) is 26.7. The molecule has 2 atom stereocenters. The Morgan fingerprint density at radius 3 is 2.29 bits per heavy atom. The highest BCUT2D eigenvalue weighted by atomic mass is 35.5. The third-order valence-corrected chi connectivity index (χ3v) is 7.10. The average Bonchev–Trinajstić information content (AvgIpc) is 2.83. The van der Waals surface area contributed by atoms with Crippen molar-refractivity contribution < 1.29 is 24.2 Å². The molecule has 7 nitrogen and oxygen atoms in total. The van der Waals surface area contributed by atoms with E-state index in [4.69, 9.17) is 16.3 Å². The second kappa shape index (κ2) is 10.4. The summed E-state index contributed by atoms with van der Waals surface area (Å²) in [6.07, 6.45) is 0.354. The lowest BCUT2D eigenvalue weighted by molar-refractivity contribution is -0.155. The predicted octanol–water partition coefficient (Wildman–Crippen LogP) is 4.03. The van der Waals surface area contributed by atoms with Gasteiger partial charge >= 0.3 is 5.97 Å². The van der Waals surface area contributed by atoms with Crippen LogP contribution in [0.4, 0.5) is 0 Å². The van der Waals surface area contributed by atoms with Gasteiger partial charge in [-0.1, -0.05) is 57.5 Å². The first-order chi connectivity index (χ1) is 16.4. The smallest absolute Gasteiger partial charge is 0.337 e. The molecule has 2 aromatic rings. The summed E-state index contributed by atoms with van der Waals surface area (Å²) in [5, 5.41) is 15.0. The highest BCUT2D eigenvalue weighted by Gasteiger charge is 2.50. The van der Waals surface area contributed by atoms with Crippen LogP contribution in [0.3, 0.4) is 0 Å². The van der Waals surface area contributed by atoms with E-state index in [0.29, 0.717) is 24.5 Å². The molecular weight excluding hydrogens is 468 g/mol. The quantitative estimate of drug-likeness (QED) is 0.584. The molecule has 0 unspecified atom stereocenters. The van der Waals surface area contributed by atoms with Crippen LogP contribution in [-0.4, -0.2) is 54.0 Å². The van der Waals surface area contributed by atoms with Gasteiger partial charge in [0.15, 0.2) is 0 Å². The maximum atomic E-state index is 13.5. The molecule has 1 aliphatic rings. The number of rotatable bonds is 6. The normalized spacial score (nSPS) is 20.3. The van der Waals surface area contributed by atoms with E-state index in [0.717, 1.165) is 5.56 Å². The van der Waals surface area contributed by atoms with Crippen LogP contribution in [-0.2, 0) is 15.1 Å². The van der Waals surface area contributed by atoms with Crippen molar-refractivity contribution in [3.05, 3.63) is 70.2 Å². The molecule has 35 heavy (non-hydrogen) atoms. The van der Waals surface area contributed by atoms with Crippen molar-refractivity contribution in [2.24, 2.45) is 11.3 Å². The van der Waals surface area contributed by atoms with Gasteiger partial charge in [-0.3, -0.25) is 9.59 Å². The number of aliphatic hydroxyl groups is 1. The Balaban J connectivity index is 1.77. The molecule has 2 amide bonds. The molecule has 0 radical (unpaired) electrons. The van der Waals surface area contributed by atoms with Crippen LogP contribution in [0, 0.1) is 11.3 Å². The van der Waals surface area contributed by atoms with Crippen molar-refractivity contribution in [3.8, 4) is 0 Å². The first-order valence-corrected chi connectivity index (χ1v) is 12.0. The fourth-order valence-corrected chi connectivity index (χ4v) is 4.74. The van der Waals surface area contributed by atoms with Gasteiger partial charge in [-0.2, -0.15) is 0 Å². The molecule has 0 aromatic heterocycles. The maximum Gasteiger partial charge on any atom is 0.337 e. The molecule has 0 aliphatic carbocycles. The molecule has 0 saturated carbocycles. The molecule has 0 bridgehead atoms. The number of likely N-dealkylation sites (tertiary alicyclic amines) is 1. The molecule has 1 aliphatic heterocycles. The van der Waals surface area contributed by atoms with Crippen LogP contribution in [0.5, 0.6) is 0 Å². The van der Waals surface area contributed by atoms with Crippen LogP contribution in [0.15, 0.2) is 48.5 Å². The monoisotopic (exact) mass is 500 g/mol. The number of piperidine rings is 1. The van der Waals surface area contributed by atoms with Crippen LogP contribution in [0.25, 0.3) is 0 Å². The minimum Gasteiger partial charge on any atom is -0.465 e. The first-order valence-electron chi connectivity index (χ1n) is 11.7. The van der Waals surface area contributed by atoms with E-state index < -0.39 is 28.9 Å². The molecule has 8 heteroatoms. The van der Waals surface area contributed by atoms with Crippen LogP contribution in [0.1, 0.15) is 60.4 Å². The summed E-state index contributed by atoms with van der Waals surface area (Å²) in [7, 11) is 1.27. The summed E-state index contributed by atoms with van der Waals surface area (Å²) in [5.74, 6) is -1.37. The number of carbonyl (C=O) groups excluding carboxylic acids is 3. The van der Waals surface area contributed by atoms with Gasteiger partial charge in [0.25, 0.3) is 5.91 Å². The van der Waals surface area contributed by atoms with Gasteiger partial charge in [0, 0.05) is 29.1 Å². The average molecular weight is 501 g/mol. The lowest BCUT2D eigenvalue weighted by Crippen LogP contribution is -2.60. The minimum atomic E-state index is -1.13. The number of nitrogens with one attached hydrogen (secondary N) is 1. The molecule has 0 spiro atoms. The van der Waals surface area contributed by atoms with Crippen molar-refractivity contribution in [2.75, 3.05) is 20.2 Å². The standard InChI is InChI=1S/C27H33ClN2O5/c1-17(2)22(29-23(31)18-7-6-8-19(15-18)25(33)35-5)24(32)30-14-13-27(34,26(3,4)16-30)20-9-11-21(28)12-10-20/h6-12,15,17,22,34H,13-14,16H2,1-5H3,(H,29,31)/t22-,27-/m1/s1. The number of esters is 1. The lowest BCUT2D eigenvalue weighted by Gasteiger charge is -2.51. The molecule has 1 heterocycles. The van der Waals surface area contributed by atoms with Crippen LogP contribution >= 0.6 is 11.6 Å². The zero-order valence-corrected chi connectivity index (χ0v) is 21.6. The molecule has 1 saturated heterocycles. The Bertz CT molecular complexity index is 1100. The van der Waals surface area contributed by atoms with Crippen molar-refractivity contribution in [1.29, 1.82) is 0 Å². The number of hydrogen-bond donors (Lipinski definition) is 2. The number of methoxy groups -OCH3 is 1. The highest BCUT2D eigenvalue weighted by Crippen LogP contribution is 2.46. The number of amides is 2. The molecule has 188 valence electrons. The second-order valence-corrected chi connectivity index (χ2v) is 10.5. The minimum absolute atomic E-state index is 0.171. The van der Waals surface area contributed by atoms with E-state index in [9.17, 15) is 19.5 Å². The predicted molar refractivity (Wildman–Crippen MR) is 134 cm³/mol. The van der Waals surface area contributed by atoms with E-state index in [1.807, 2.05) is 39.8 Å². The zero-order chi connectivity index (χ0) is 26.0. The van der Waals surface area contributed by atoms with E-state index in [-0.39, 0.29) is 23.0 Å². The molecule has 2 N–H and O–H groups in total. The Hall–Kier alpha value is -2.90. The van der Waals surface area contributed by atoms with Crippen molar-refractivity contribution >= 4 is 29.4 Å². The Morgan fingerprint density at radius 2 is 1.71 bits per heavy atom. The van der Waals surface area contributed by atoms with Crippen molar-refractivity contribution in [3.63, 3.8) is 0 Å². The molecule has 2 aromatic carbocycles. The summed E-state index contributed by atoms with van der Waals surface area (Å²) in [6, 6.07) is 12.6. The number of ether oxygens (including phenoxy) is 1. The summed E-state index contributed by atoms with van der Waals surface area (Å²) >= 11 is 6.02. The number of carbonyl (C=O) groups is 3. The van der Waals surface area contributed by atoms with Gasteiger partial charge in [-0.05, 0) is 48.2 Å². The number of nitrogens with zero attached hydrogens (tertiary/aromatic N) is 1. The summed E-state index contributed by atoms with van der Waals surface area (Å²) < 4.78 is 4.72. The fraction of sp³-hybridized carbons (Fsp3) is 0.444. The highest BCUT2D eigenvalue weighted by molar-refractivity contribution is 6.30. The number of halogens is 1. The summed E-state index contributed by atoms with van der Waals surface area (Å²) in [4.78, 5) is 40.0. The fourth-order valence-electron chi connectivity index (χ4n) is 4.61. The Labute approximate surface area is 211 Å². The van der Waals surface area contributed by atoms with E-state index in [1.54, 1.807) is 35.2 Å². The third kappa shape index (κ3) is 5.52. The maximum absolute atomic E-state index is 13.5. The second-order valence-electron chi connectivity index (χ2n) is 10.0. The molecular formula is C27H33ClN2O5. The van der Waals surface area contributed by atoms with E-state index in [2.05, 4.69) is 5.32 Å². The van der Waals surface area contributed by atoms with Crippen molar-refractivity contribution in [2.45, 2.75) is 45.8 Å². The molecule has 1 fully saturated rings. The zero-order valence-electron chi connectivity index (χ0n) is 20.8. The lowest BCUT2D eigenvalue weighted by atomic mass is 9.66. The Kier molecular flexibility index (Phi) is 7.92. The summed E-state index contributed by atoms with van der Waals surface area (Å²) in [5.41, 5.74) is -0.485. The van der Waals surface area contributed by atoms with E-state index >= 15 is 0 Å².